The molecule has 1 aromatic rings. The summed E-state index contributed by atoms with van der Waals surface area (Å²) in [6.07, 6.45) is 1.08. The average molecular weight is 295 g/mol. The second-order valence-electron chi connectivity index (χ2n) is 4.96. The summed E-state index contributed by atoms with van der Waals surface area (Å²) in [6, 6.07) is 3.26. The van der Waals surface area contributed by atoms with E-state index in [0.717, 1.165) is 12.8 Å². The lowest BCUT2D eigenvalue weighted by molar-refractivity contribution is 0.0473. The fourth-order valence-corrected chi connectivity index (χ4v) is 2.53. The first-order valence-corrected chi connectivity index (χ1v) is 6.88. The molecule has 1 aliphatic rings. The van der Waals surface area contributed by atoms with Crippen molar-refractivity contribution in [1.82, 2.24) is 4.90 Å². The molecule has 1 amide bonds. The number of hydrogen-bond acceptors (Lipinski definition) is 5. The highest BCUT2D eigenvalue weighted by molar-refractivity contribution is 5.95. The van der Waals surface area contributed by atoms with Crippen LogP contribution in [0.3, 0.4) is 0 Å². The molecule has 1 unspecified atom stereocenters. The number of piperidine rings is 1. The van der Waals surface area contributed by atoms with Crippen molar-refractivity contribution >= 4 is 5.91 Å². The van der Waals surface area contributed by atoms with Gasteiger partial charge in [0.15, 0.2) is 11.5 Å². The van der Waals surface area contributed by atoms with Gasteiger partial charge >= 0.3 is 0 Å². The third-order valence-corrected chi connectivity index (χ3v) is 3.60. The summed E-state index contributed by atoms with van der Waals surface area (Å²) in [5.74, 6) is 1.19. The summed E-state index contributed by atoms with van der Waals surface area (Å²) in [5, 5.41) is 9.70. The molecular weight excluding hydrogens is 274 g/mol. The number of carbonyl (C=O) groups is 1. The topological polar surface area (TPSA) is 68.2 Å². The molecule has 21 heavy (non-hydrogen) atoms. The van der Waals surface area contributed by atoms with E-state index in [2.05, 4.69) is 0 Å². The van der Waals surface area contributed by atoms with Gasteiger partial charge in [0.25, 0.3) is 5.91 Å². The van der Waals surface area contributed by atoms with Crippen molar-refractivity contribution in [1.29, 1.82) is 0 Å². The fraction of sp³-hybridized carbons (Fsp3) is 0.533. The van der Waals surface area contributed by atoms with E-state index in [-0.39, 0.29) is 5.91 Å². The number of carbonyl (C=O) groups excluding carboxylic acids is 1. The van der Waals surface area contributed by atoms with Gasteiger partial charge in [-0.2, -0.15) is 0 Å². The third-order valence-electron chi connectivity index (χ3n) is 3.60. The van der Waals surface area contributed by atoms with Gasteiger partial charge in [-0.25, -0.2) is 0 Å². The van der Waals surface area contributed by atoms with Crippen LogP contribution in [0.5, 0.6) is 17.2 Å². The van der Waals surface area contributed by atoms with Gasteiger partial charge in [-0.1, -0.05) is 0 Å². The number of rotatable bonds is 4. The van der Waals surface area contributed by atoms with Crippen molar-refractivity contribution in [3.63, 3.8) is 0 Å². The van der Waals surface area contributed by atoms with Gasteiger partial charge in [-0.05, 0) is 25.0 Å². The van der Waals surface area contributed by atoms with Gasteiger partial charge in [0.1, 0.15) is 0 Å². The number of likely N-dealkylation sites (tertiary alicyclic amines) is 1. The Morgan fingerprint density at radius 1 is 1.19 bits per heavy atom. The Balaban J connectivity index is 2.32. The van der Waals surface area contributed by atoms with E-state index >= 15 is 0 Å². The number of aliphatic hydroxyl groups is 1. The van der Waals surface area contributed by atoms with Crippen molar-refractivity contribution < 1.29 is 24.1 Å². The minimum atomic E-state index is -0.454. The summed E-state index contributed by atoms with van der Waals surface area (Å²) < 4.78 is 15.7. The Bertz CT molecular complexity index is 492. The molecule has 1 N–H and O–H groups in total. The highest BCUT2D eigenvalue weighted by Gasteiger charge is 2.25. The molecule has 1 saturated heterocycles. The van der Waals surface area contributed by atoms with Crippen LogP contribution in [0.2, 0.25) is 0 Å². The largest absolute Gasteiger partial charge is 0.493 e. The van der Waals surface area contributed by atoms with Gasteiger partial charge in [0.05, 0.1) is 27.4 Å². The fourth-order valence-electron chi connectivity index (χ4n) is 2.53. The van der Waals surface area contributed by atoms with Crippen molar-refractivity contribution in [3.8, 4) is 17.2 Å². The van der Waals surface area contributed by atoms with Crippen LogP contribution in [0.4, 0.5) is 0 Å². The number of nitrogens with zero attached hydrogens (tertiary/aromatic N) is 1. The molecule has 0 aromatic heterocycles. The number of amides is 1. The van der Waals surface area contributed by atoms with Gasteiger partial charge < -0.3 is 24.2 Å². The van der Waals surface area contributed by atoms with E-state index in [1.807, 2.05) is 0 Å². The second-order valence-corrected chi connectivity index (χ2v) is 4.96. The minimum absolute atomic E-state index is 0.145. The molecule has 0 saturated carbocycles. The van der Waals surface area contributed by atoms with Crippen LogP contribution < -0.4 is 14.2 Å². The lowest BCUT2D eigenvalue weighted by Crippen LogP contribution is -2.42. The number of hydrogen-bond donors (Lipinski definition) is 1. The highest BCUT2D eigenvalue weighted by Crippen LogP contribution is 2.38. The smallest absolute Gasteiger partial charge is 0.254 e. The van der Waals surface area contributed by atoms with Crippen molar-refractivity contribution in [3.05, 3.63) is 17.7 Å². The summed E-state index contributed by atoms with van der Waals surface area (Å²) >= 11 is 0. The molecule has 0 spiro atoms. The molecule has 6 heteroatoms. The van der Waals surface area contributed by atoms with Crippen LogP contribution >= 0.6 is 0 Å². The molecule has 0 bridgehead atoms. The van der Waals surface area contributed by atoms with Gasteiger partial charge in [0.2, 0.25) is 5.75 Å². The van der Waals surface area contributed by atoms with Crippen molar-refractivity contribution in [2.24, 2.45) is 0 Å². The van der Waals surface area contributed by atoms with E-state index < -0.39 is 6.10 Å². The van der Waals surface area contributed by atoms with Gasteiger partial charge in [-0.15, -0.1) is 0 Å². The molecule has 0 aliphatic carbocycles. The van der Waals surface area contributed by atoms with E-state index in [1.54, 1.807) is 17.0 Å². The standard InChI is InChI=1S/C15H21NO5/c1-19-12-7-10(8-13(20-2)14(12)21-3)15(18)16-6-4-5-11(17)9-16/h7-8,11,17H,4-6,9H2,1-3H3. The quantitative estimate of drug-likeness (QED) is 0.907. The monoisotopic (exact) mass is 295 g/mol. The Kier molecular flexibility index (Phi) is 4.90. The van der Waals surface area contributed by atoms with Crippen LogP contribution in [-0.4, -0.2) is 56.4 Å². The number of methoxy groups -OCH3 is 3. The first-order valence-electron chi connectivity index (χ1n) is 6.88. The molecule has 1 fully saturated rings. The number of ether oxygens (including phenoxy) is 3. The maximum absolute atomic E-state index is 12.5. The maximum atomic E-state index is 12.5. The Labute approximate surface area is 124 Å². The zero-order valence-electron chi connectivity index (χ0n) is 12.6. The lowest BCUT2D eigenvalue weighted by Gasteiger charge is -2.30. The SMILES string of the molecule is COc1cc(C(=O)N2CCCC(O)C2)cc(OC)c1OC. The zero-order chi connectivity index (χ0) is 15.4. The molecule has 0 radical (unpaired) electrons. The van der Waals surface area contributed by atoms with Crippen LogP contribution in [0, 0.1) is 0 Å². The molecule has 1 atom stereocenters. The van der Waals surface area contributed by atoms with Crippen molar-refractivity contribution in [2.45, 2.75) is 18.9 Å². The van der Waals surface area contributed by atoms with Crippen LogP contribution in [0.15, 0.2) is 12.1 Å². The predicted octanol–water partition coefficient (Wildman–Crippen LogP) is 1.31. The molecule has 1 heterocycles. The van der Waals surface area contributed by atoms with E-state index in [0.29, 0.717) is 35.9 Å². The van der Waals surface area contributed by atoms with Crippen LogP contribution in [-0.2, 0) is 0 Å². The van der Waals surface area contributed by atoms with E-state index in [4.69, 9.17) is 14.2 Å². The van der Waals surface area contributed by atoms with Gasteiger partial charge in [0, 0.05) is 18.7 Å². The van der Waals surface area contributed by atoms with Crippen LogP contribution in [0.25, 0.3) is 0 Å². The highest BCUT2D eigenvalue weighted by atomic mass is 16.5. The number of aliphatic hydroxyl groups excluding tert-OH is 1. The normalized spacial score (nSPS) is 18.3. The first-order chi connectivity index (χ1) is 10.1. The second kappa shape index (κ2) is 6.67. The summed E-state index contributed by atoms with van der Waals surface area (Å²) in [6.45, 7) is 1.00. The predicted molar refractivity (Wildman–Crippen MR) is 77.2 cm³/mol. The first kappa shape index (κ1) is 15.4. The van der Waals surface area contributed by atoms with Crippen molar-refractivity contribution in [2.75, 3.05) is 34.4 Å². The summed E-state index contributed by atoms with van der Waals surface area (Å²) in [7, 11) is 4.54. The Morgan fingerprint density at radius 3 is 2.29 bits per heavy atom. The molecule has 2 rings (SSSR count). The third kappa shape index (κ3) is 3.21. The maximum Gasteiger partial charge on any atom is 0.254 e. The number of β-amino-alcohol motifs (C(OH)–C–C–N with tert-alkyl or cyclic N) is 1. The average Bonchev–Trinajstić information content (AvgIpc) is 2.52. The molecule has 1 aromatic carbocycles. The minimum Gasteiger partial charge on any atom is -0.493 e. The Morgan fingerprint density at radius 2 is 1.81 bits per heavy atom. The molecule has 116 valence electrons. The number of benzene rings is 1. The Hall–Kier alpha value is -1.95. The lowest BCUT2D eigenvalue weighted by atomic mass is 10.1. The zero-order valence-corrected chi connectivity index (χ0v) is 12.6. The van der Waals surface area contributed by atoms with Gasteiger partial charge in [-0.3, -0.25) is 4.79 Å². The molecule has 6 nitrogen and oxygen atoms in total. The molecular formula is C15H21NO5. The van der Waals surface area contributed by atoms with E-state index in [9.17, 15) is 9.90 Å². The van der Waals surface area contributed by atoms with E-state index in [1.165, 1.54) is 21.3 Å². The summed E-state index contributed by atoms with van der Waals surface area (Å²) in [5.41, 5.74) is 0.457. The summed E-state index contributed by atoms with van der Waals surface area (Å²) in [4.78, 5) is 14.2. The van der Waals surface area contributed by atoms with Crippen LogP contribution in [0.1, 0.15) is 23.2 Å². The molecule has 1 aliphatic heterocycles.